The lowest BCUT2D eigenvalue weighted by Crippen LogP contribution is -2.13. The fourth-order valence-electron chi connectivity index (χ4n) is 1.44. The molecular formula is C13H15NO4. The molecule has 1 rings (SSSR count). The summed E-state index contributed by atoms with van der Waals surface area (Å²) in [7, 11) is 0. The van der Waals surface area contributed by atoms with Gasteiger partial charge in [0.1, 0.15) is 5.56 Å². The number of aromatic carboxylic acids is 1. The Bertz CT molecular complexity index is 506. The molecule has 0 aliphatic carbocycles. The largest absolute Gasteiger partial charge is 0.505 e. The molecule has 5 heteroatoms. The van der Waals surface area contributed by atoms with Crippen LogP contribution in [0.3, 0.4) is 0 Å². The van der Waals surface area contributed by atoms with E-state index in [1.54, 1.807) is 13.0 Å². The topological polar surface area (TPSA) is 86.6 Å². The molecule has 0 spiro atoms. The normalized spacial score (nSPS) is 11.1. The second-order valence-electron chi connectivity index (χ2n) is 3.76. The third-order valence-electron chi connectivity index (χ3n) is 2.38. The summed E-state index contributed by atoms with van der Waals surface area (Å²) in [6.07, 6.45) is 2.47. The lowest BCUT2D eigenvalue weighted by Gasteiger charge is -2.09. The van der Waals surface area contributed by atoms with Crippen LogP contribution < -0.4 is 5.32 Å². The van der Waals surface area contributed by atoms with Crippen molar-refractivity contribution in [2.75, 3.05) is 5.32 Å². The second-order valence-corrected chi connectivity index (χ2v) is 3.76. The SMILES string of the molecule is CC/C=C(/C)C(=O)Nc1cccc(C(=O)O)c1O. The van der Waals surface area contributed by atoms with Crippen molar-refractivity contribution < 1.29 is 19.8 Å². The highest BCUT2D eigenvalue weighted by Gasteiger charge is 2.14. The number of rotatable bonds is 4. The lowest BCUT2D eigenvalue weighted by atomic mass is 10.1. The van der Waals surface area contributed by atoms with Crippen molar-refractivity contribution in [1.82, 2.24) is 0 Å². The summed E-state index contributed by atoms with van der Waals surface area (Å²) in [4.78, 5) is 22.5. The molecule has 0 fully saturated rings. The number of carboxylic acid groups (broad SMARTS) is 1. The Morgan fingerprint density at radius 3 is 2.61 bits per heavy atom. The number of carbonyl (C=O) groups is 2. The van der Waals surface area contributed by atoms with Crippen molar-refractivity contribution in [1.29, 1.82) is 0 Å². The number of carbonyl (C=O) groups excluding carboxylic acids is 1. The maximum absolute atomic E-state index is 11.7. The molecule has 3 N–H and O–H groups in total. The van der Waals surface area contributed by atoms with Gasteiger partial charge in [0.25, 0.3) is 5.91 Å². The monoisotopic (exact) mass is 249 g/mol. The molecule has 0 unspecified atom stereocenters. The summed E-state index contributed by atoms with van der Waals surface area (Å²) < 4.78 is 0. The van der Waals surface area contributed by atoms with Gasteiger partial charge in [-0.25, -0.2) is 4.79 Å². The van der Waals surface area contributed by atoms with Gasteiger partial charge in [-0.3, -0.25) is 4.79 Å². The minimum Gasteiger partial charge on any atom is -0.505 e. The molecule has 0 bridgehead atoms. The number of amides is 1. The number of allylic oxidation sites excluding steroid dienone is 1. The molecular weight excluding hydrogens is 234 g/mol. The average molecular weight is 249 g/mol. The van der Waals surface area contributed by atoms with Gasteiger partial charge >= 0.3 is 5.97 Å². The number of anilines is 1. The van der Waals surface area contributed by atoms with Crippen LogP contribution in [0.1, 0.15) is 30.6 Å². The molecule has 5 nitrogen and oxygen atoms in total. The summed E-state index contributed by atoms with van der Waals surface area (Å²) in [5.41, 5.74) is 0.353. The van der Waals surface area contributed by atoms with Crippen molar-refractivity contribution in [3.05, 3.63) is 35.4 Å². The van der Waals surface area contributed by atoms with E-state index in [9.17, 15) is 14.7 Å². The standard InChI is InChI=1S/C13H15NO4/c1-3-5-8(2)12(16)14-10-7-4-6-9(11(10)15)13(17)18/h4-7,15H,3H2,1-2H3,(H,14,16)(H,17,18)/b8-5-. The number of hydrogen-bond acceptors (Lipinski definition) is 3. The van der Waals surface area contributed by atoms with Crippen molar-refractivity contribution in [2.24, 2.45) is 0 Å². The van der Waals surface area contributed by atoms with E-state index < -0.39 is 11.7 Å². The first-order valence-corrected chi connectivity index (χ1v) is 5.50. The predicted molar refractivity (Wildman–Crippen MR) is 67.7 cm³/mol. The Hall–Kier alpha value is -2.30. The fraction of sp³-hybridized carbons (Fsp3) is 0.231. The van der Waals surface area contributed by atoms with Crippen LogP contribution in [0.15, 0.2) is 29.8 Å². The van der Waals surface area contributed by atoms with E-state index in [2.05, 4.69) is 5.32 Å². The summed E-state index contributed by atoms with van der Waals surface area (Å²) in [5.74, 6) is -2.05. The quantitative estimate of drug-likeness (QED) is 0.564. The van der Waals surface area contributed by atoms with Crippen molar-refractivity contribution in [3.8, 4) is 5.75 Å². The van der Waals surface area contributed by atoms with Gasteiger partial charge < -0.3 is 15.5 Å². The van der Waals surface area contributed by atoms with E-state index in [1.165, 1.54) is 18.2 Å². The van der Waals surface area contributed by atoms with E-state index in [4.69, 9.17) is 5.11 Å². The third kappa shape index (κ3) is 3.10. The number of carboxylic acids is 1. The van der Waals surface area contributed by atoms with Crippen LogP contribution in [0.5, 0.6) is 5.75 Å². The van der Waals surface area contributed by atoms with Gasteiger partial charge in [-0.1, -0.05) is 19.1 Å². The van der Waals surface area contributed by atoms with Crippen LogP contribution in [0.25, 0.3) is 0 Å². The molecule has 0 aromatic heterocycles. The van der Waals surface area contributed by atoms with Gasteiger partial charge in [0, 0.05) is 5.57 Å². The highest BCUT2D eigenvalue weighted by atomic mass is 16.4. The molecule has 0 saturated carbocycles. The molecule has 0 atom stereocenters. The smallest absolute Gasteiger partial charge is 0.339 e. The third-order valence-corrected chi connectivity index (χ3v) is 2.38. The van der Waals surface area contributed by atoms with Crippen molar-refractivity contribution in [2.45, 2.75) is 20.3 Å². The molecule has 18 heavy (non-hydrogen) atoms. The van der Waals surface area contributed by atoms with Crippen LogP contribution in [0.4, 0.5) is 5.69 Å². The highest BCUT2D eigenvalue weighted by molar-refractivity contribution is 6.05. The Labute approximate surface area is 105 Å². The molecule has 0 aliphatic rings. The molecule has 1 aromatic carbocycles. The molecule has 1 aromatic rings. The van der Waals surface area contributed by atoms with Crippen LogP contribution in [-0.4, -0.2) is 22.1 Å². The Kier molecular flexibility index (Phi) is 4.48. The Balaban J connectivity index is 2.99. The van der Waals surface area contributed by atoms with E-state index in [0.29, 0.717) is 5.57 Å². The maximum atomic E-state index is 11.7. The second kappa shape index (κ2) is 5.86. The molecule has 0 radical (unpaired) electrons. The lowest BCUT2D eigenvalue weighted by molar-refractivity contribution is -0.112. The molecule has 1 amide bonds. The molecule has 0 aliphatic heterocycles. The predicted octanol–water partition coefficient (Wildman–Crippen LogP) is 2.39. The minimum atomic E-state index is -1.25. The maximum Gasteiger partial charge on any atom is 0.339 e. The number of aromatic hydroxyl groups is 1. The van der Waals surface area contributed by atoms with Crippen LogP contribution >= 0.6 is 0 Å². The fourth-order valence-corrected chi connectivity index (χ4v) is 1.44. The van der Waals surface area contributed by atoms with Gasteiger partial charge in [0.15, 0.2) is 5.75 Å². The summed E-state index contributed by atoms with van der Waals surface area (Å²) in [6.45, 7) is 3.55. The van der Waals surface area contributed by atoms with Gasteiger partial charge in [0.05, 0.1) is 5.69 Å². The summed E-state index contributed by atoms with van der Waals surface area (Å²) in [6, 6.07) is 4.17. The van der Waals surface area contributed by atoms with E-state index in [1.807, 2.05) is 6.92 Å². The number of hydrogen-bond donors (Lipinski definition) is 3. The minimum absolute atomic E-state index is 0.0868. The number of para-hydroxylation sites is 1. The molecule has 0 heterocycles. The summed E-state index contributed by atoms with van der Waals surface area (Å²) >= 11 is 0. The van der Waals surface area contributed by atoms with Gasteiger partial charge in [-0.15, -0.1) is 0 Å². The zero-order chi connectivity index (χ0) is 13.7. The Morgan fingerprint density at radius 2 is 2.06 bits per heavy atom. The van der Waals surface area contributed by atoms with Crippen molar-refractivity contribution in [3.63, 3.8) is 0 Å². The van der Waals surface area contributed by atoms with Crippen LogP contribution in [0.2, 0.25) is 0 Å². The van der Waals surface area contributed by atoms with Gasteiger partial charge in [0.2, 0.25) is 0 Å². The van der Waals surface area contributed by atoms with E-state index in [0.717, 1.165) is 6.42 Å². The zero-order valence-electron chi connectivity index (χ0n) is 10.2. The van der Waals surface area contributed by atoms with E-state index in [-0.39, 0.29) is 17.2 Å². The first-order valence-electron chi connectivity index (χ1n) is 5.50. The highest BCUT2D eigenvalue weighted by Crippen LogP contribution is 2.27. The first-order chi connectivity index (χ1) is 8.47. The average Bonchev–Trinajstić information content (AvgIpc) is 2.31. The van der Waals surface area contributed by atoms with Gasteiger partial charge in [-0.2, -0.15) is 0 Å². The molecule has 96 valence electrons. The van der Waals surface area contributed by atoms with Crippen LogP contribution in [-0.2, 0) is 4.79 Å². The number of nitrogens with one attached hydrogen (secondary N) is 1. The van der Waals surface area contributed by atoms with Gasteiger partial charge in [-0.05, 0) is 25.5 Å². The first kappa shape index (κ1) is 13.8. The molecule has 0 saturated heterocycles. The number of phenols is 1. The summed E-state index contributed by atoms with van der Waals surface area (Å²) in [5, 5.41) is 21.0. The van der Waals surface area contributed by atoms with E-state index >= 15 is 0 Å². The Morgan fingerprint density at radius 1 is 1.39 bits per heavy atom. The number of benzene rings is 1. The van der Waals surface area contributed by atoms with Crippen LogP contribution in [0, 0.1) is 0 Å². The van der Waals surface area contributed by atoms with Crippen molar-refractivity contribution >= 4 is 17.6 Å². The zero-order valence-corrected chi connectivity index (χ0v) is 10.2.